The monoisotopic (exact) mass is 524 g/mol. The highest BCUT2D eigenvalue weighted by Gasteiger charge is 2.31. The van der Waals surface area contributed by atoms with Crippen molar-refractivity contribution in [2.75, 3.05) is 68.2 Å². The van der Waals surface area contributed by atoms with E-state index in [-0.39, 0.29) is 6.04 Å². The van der Waals surface area contributed by atoms with Gasteiger partial charge in [-0.15, -0.1) is 0 Å². The first kappa shape index (κ1) is 25.6. The minimum absolute atomic E-state index is 0.000672. The molecule has 9 nitrogen and oxygen atoms in total. The number of piperazine rings is 1. The van der Waals surface area contributed by atoms with E-state index >= 15 is 0 Å². The fourth-order valence-corrected chi connectivity index (χ4v) is 5.90. The van der Waals surface area contributed by atoms with Crippen molar-refractivity contribution in [3.63, 3.8) is 0 Å². The van der Waals surface area contributed by atoms with E-state index in [2.05, 4.69) is 74.5 Å². The van der Waals surface area contributed by atoms with Gasteiger partial charge in [-0.05, 0) is 49.7 Å². The minimum atomic E-state index is 0.000672. The maximum absolute atomic E-state index is 9.73. The molecule has 202 valence electrons. The molecular formula is C30H36N8O. The SMILES string of the molecule is CN1CCN(C2CCN(c3ccc(Nc4ncc(C#N)c(N5OCCC5c5ccccc5)n4)cc3)CC2)CC1. The summed E-state index contributed by atoms with van der Waals surface area (Å²) in [5, 5.41) is 14.8. The van der Waals surface area contributed by atoms with Crippen LogP contribution in [0.15, 0.2) is 60.8 Å². The molecule has 0 amide bonds. The van der Waals surface area contributed by atoms with Crippen molar-refractivity contribution in [3.8, 4) is 6.07 Å². The summed E-state index contributed by atoms with van der Waals surface area (Å²) in [6.45, 7) is 7.49. The van der Waals surface area contributed by atoms with Gasteiger partial charge in [0.05, 0.1) is 18.8 Å². The van der Waals surface area contributed by atoms with Gasteiger partial charge in [-0.2, -0.15) is 10.2 Å². The van der Waals surface area contributed by atoms with Crippen LogP contribution in [0.1, 0.15) is 36.4 Å². The zero-order chi connectivity index (χ0) is 26.6. The molecule has 9 heteroatoms. The molecule has 1 aromatic heterocycles. The first-order valence-corrected chi connectivity index (χ1v) is 14.0. The molecule has 3 aliphatic heterocycles. The highest BCUT2D eigenvalue weighted by Crippen LogP contribution is 2.36. The van der Waals surface area contributed by atoms with Crippen molar-refractivity contribution < 1.29 is 4.84 Å². The van der Waals surface area contributed by atoms with Gasteiger partial charge >= 0.3 is 0 Å². The van der Waals surface area contributed by atoms with Gasteiger partial charge in [-0.25, -0.2) is 10.0 Å². The fourth-order valence-electron chi connectivity index (χ4n) is 5.90. The van der Waals surface area contributed by atoms with Crippen molar-refractivity contribution in [1.82, 2.24) is 19.8 Å². The molecule has 3 fully saturated rings. The number of anilines is 4. The van der Waals surface area contributed by atoms with Crippen LogP contribution < -0.4 is 15.3 Å². The molecule has 0 saturated carbocycles. The summed E-state index contributed by atoms with van der Waals surface area (Å²) >= 11 is 0. The van der Waals surface area contributed by atoms with Crippen LogP contribution in [0.5, 0.6) is 0 Å². The lowest BCUT2D eigenvalue weighted by Crippen LogP contribution is -2.52. The Balaban J connectivity index is 1.11. The Morgan fingerprint density at radius 1 is 0.923 bits per heavy atom. The van der Waals surface area contributed by atoms with Crippen LogP contribution in [0, 0.1) is 11.3 Å². The second kappa shape index (κ2) is 11.6. The van der Waals surface area contributed by atoms with Crippen molar-refractivity contribution in [2.45, 2.75) is 31.3 Å². The second-order valence-corrected chi connectivity index (χ2v) is 10.6. The van der Waals surface area contributed by atoms with Crippen LogP contribution in [0.3, 0.4) is 0 Å². The summed E-state index contributed by atoms with van der Waals surface area (Å²) < 4.78 is 0. The summed E-state index contributed by atoms with van der Waals surface area (Å²) in [5.74, 6) is 0.924. The number of aromatic nitrogens is 2. The molecule has 1 N–H and O–H groups in total. The van der Waals surface area contributed by atoms with E-state index < -0.39 is 0 Å². The van der Waals surface area contributed by atoms with E-state index in [0.717, 1.165) is 30.8 Å². The number of hydrogen-bond acceptors (Lipinski definition) is 9. The molecule has 3 saturated heterocycles. The molecule has 3 aromatic rings. The van der Waals surface area contributed by atoms with Crippen LogP contribution in [-0.4, -0.2) is 78.7 Å². The molecule has 39 heavy (non-hydrogen) atoms. The van der Waals surface area contributed by atoms with E-state index in [1.807, 2.05) is 18.2 Å². The third kappa shape index (κ3) is 5.69. The van der Waals surface area contributed by atoms with Crippen LogP contribution in [0.4, 0.5) is 23.1 Å². The molecule has 1 unspecified atom stereocenters. The Morgan fingerprint density at radius 2 is 1.67 bits per heavy atom. The predicted octanol–water partition coefficient (Wildman–Crippen LogP) is 4.19. The number of hydroxylamine groups is 1. The van der Waals surface area contributed by atoms with Crippen LogP contribution >= 0.6 is 0 Å². The zero-order valence-electron chi connectivity index (χ0n) is 22.5. The van der Waals surface area contributed by atoms with Gasteiger partial charge in [0.15, 0.2) is 5.82 Å². The predicted molar refractivity (Wildman–Crippen MR) is 153 cm³/mol. The topological polar surface area (TPSA) is 83.8 Å². The molecule has 0 aliphatic carbocycles. The van der Waals surface area contributed by atoms with E-state index in [0.29, 0.717) is 30.0 Å². The maximum Gasteiger partial charge on any atom is 0.229 e. The van der Waals surface area contributed by atoms with Gasteiger partial charge in [0.25, 0.3) is 0 Å². The Labute approximate surface area is 230 Å². The van der Waals surface area contributed by atoms with Crippen molar-refractivity contribution in [2.24, 2.45) is 0 Å². The molecule has 2 aromatic carbocycles. The minimum Gasteiger partial charge on any atom is -0.371 e. The van der Waals surface area contributed by atoms with Crippen molar-refractivity contribution in [1.29, 1.82) is 5.26 Å². The molecule has 0 bridgehead atoms. The van der Waals surface area contributed by atoms with Crippen LogP contribution in [0.25, 0.3) is 0 Å². The van der Waals surface area contributed by atoms with Crippen LogP contribution in [0.2, 0.25) is 0 Å². The summed E-state index contributed by atoms with van der Waals surface area (Å²) in [4.78, 5) is 22.6. The Morgan fingerprint density at radius 3 is 2.38 bits per heavy atom. The Kier molecular flexibility index (Phi) is 7.59. The largest absolute Gasteiger partial charge is 0.371 e. The molecule has 1 atom stereocenters. The molecular weight excluding hydrogens is 488 g/mol. The van der Waals surface area contributed by atoms with E-state index in [9.17, 15) is 5.26 Å². The number of piperidine rings is 1. The van der Waals surface area contributed by atoms with E-state index in [1.54, 1.807) is 11.3 Å². The lowest BCUT2D eigenvalue weighted by molar-refractivity contribution is 0.0982. The standard InChI is InChI=1S/C30H36N8O/c1-35-16-18-37(19-17-35)27-11-14-36(15-12-27)26-9-7-25(8-10-26)33-30-32-22-24(21-31)29(34-30)38-28(13-20-39-38)23-5-3-2-4-6-23/h2-10,22,27-28H,11-20H2,1H3,(H,32,33,34). The molecule has 6 rings (SSSR count). The van der Waals surface area contributed by atoms with Gasteiger partial charge in [0.1, 0.15) is 11.6 Å². The molecule has 4 heterocycles. The van der Waals surface area contributed by atoms with Gasteiger partial charge < -0.3 is 15.1 Å². The Bertz CT molecular complexity index is 1280. The zero-order valence-corrected chi connectivity index (χ0v) is 22.5. The molecule has 3 aliphatic rings. The number of hydrogen-bond donors (Lipinski definition) is 1. The second-order valence-electron chi connectivity index (χ2n) is 10.6. The summed E-state index contributed by atoms with van der Waals surface area (Å²) in [5.41, 5.74) is 3.67. The van der Waals surface area contributed by atoms with Crippen molar-refractivity contribution >= 4 is 23.1 Å². The summed E-state index contributed by atoms with van der Waals surface area (Å²) in [6, 6.07) is 21.6. The normalized spacial score (nSPS) is 21.2. The average Bonchev–Trinajstić information content (AvgIpc) is 3.49. The Hall–Kier alpha value is -3.71. The quantitative estimate of drug-likeness (QED) is 0.510. The summed E-state index contributed by atoms with van der Waals surface area (Å²) in [6.07, 6.45) is 4.82. The van der Waals surface area contributed by atoms with E-state index in [4.69, 9.17) is 9.82 Å². The fraction of sp³-hybridized carbons (Fsp3) is 0.433. The first-order chi connectivity index (χ1) is 19.2. The summed E-state index contributed by atoms with van der Waals surface area (Å²) in [7, 11) is 2.22. The van der Waals surface area contributed by atoms with Crippen LogP contribution in [-0.2, 0) is 4.84 Å². The smallest absolute Gasteiger partial charge is 0.229 e. The molecule has 0 spiro atoms. The number of nitrogens with one attached hydrogen (secondary N) is 1. The first-order valence-electron chi connectivity index (χ1n) is 14.0. The lowest BCUT2D eigenvalue weighted by atomic mass is 10.0. The van der Waals surface area contributed by atoms with Gasteiger partial charge in [-0.3, -0.25) is 9.74 Å². The third-order valence-corrected chi connectivity index (χ3v) is 8.19. The average molecular weight is 525 g/mol. The highest BCUT2D eigenvalue weighted by atomic mass is 16.7. The third-order valence-electron chi connectivity index (χ3n) is 8.19. The van der Waals surface area contributed by atoms with Crippen molar-refractivity contribution in [3.05, 3.63) is 71.9 Å². The van der Waals surface area contributed by atoms with E-state index in [1.165, 1.54) is 44.7 Å². The van der Waals surface area contributed by atoms with Gasteiger partial charge in [0, 0.05) is 63.1 Å². The van der Waals surface area contributed by atoms with Gasteiger partial charge in [0.2, 0.25) is 5.95 Å². The number of nitriles is 1. The number of rotatable bonds is 6. The molecule has 0 radical (unpaired) electrons. The number of benzene rings is 2. The number of nitrogens with zero attached hydrogens (tertiary/aromatic N) is 7. The highest BCUT2D eigenvalue weighted by molar-refractivity contribution is 5.62. The lowest BCUT2D eigenvalue weighted by Gasteiger charge is -2.42. The van der Waals surface area contributed by atoms with Gasteiger partial charge in [-0.1, -0.05) is 30.3 Å². The number of likely N-dealkylation sites (N-methyl/N-ethyl adjacent to an activating group) is 1. The maximum atomic E-state index is 9.73.